The number of amides is 1. The predicted octanol–water partition coefficient (Wildman–Crippen LogP) is 4.88. The van der Waals surface area contributed by atoms with Crippen LogP contribution in [-0.2, 0) is 16.1 Å². The van der Waals surface area contributed by atoms with Crippen LogP contribution in [0.3, 0.4) is 0 Å². The number of hydrogen-bond acceptors (Lipinski definition) is 5. The van der Waals surface area contributed by atoms with Crippen LogP contribution in [0.2, 0.25) is 0 Å². The molecule has 0 aliphatic heterocycles. The zero-order valence-electron chi connectivity index (χ0n) is 17.8. The predicted molar refractivity (Wildman–Crippen MR) is 124 cm³/mol. The molecule has 2 aromatic rings. The molecule has 164 valence electrons. The van der Waals surface area contributed by atoms with Crippen molar-refractivity contribution < 1.29 is 19.0 Å². The van der Waals surface area contributed by atoms with Gasteiger partial charge in [0.25, 0.3) is 5.91 Å². The fourth-order valence-corrected chi connectivity index (χ4v) is 3.31. The van der Waals surface area contributed by atoms with Crippen molar-refractivity contribution in [2.75, 3.05) is 26.4 Å². The van der Waals surface area contributed by atoms with E-state index in [0.717, 1.165) is 5.56 Å². The number of hydrogen-bond donors (Lipinski definition) is 1. The van der Waals surface area contributed by atoms with E-state index in [1.165, 1.54) is 6.08 Å². The zero-order chi connectivity index (χ0) is 22.5. The van der Waals surface area contributed by atoms with E-state index in [0.29, 0.717) is 60.9 Å². The number of carbonyl (C=O) groups excluding carboxylic acids is 1. The molecule has 0 aliphatic carbocycles. The highest BCUT2D eigenvalue weighted by Crippen LogP contribution is 2.38. The molecule has 7 heteroatoms. The summed E-state index contributed by atoms with van der Waals surface area (Å²) in [7, 11) is 0. The molecule has 0 aliphatic rings. The normalized spacial score (nSPS) is 11.0. The number of nitrogens with zero attached hydrogens (tertiary/aromatic N) is 1. The topological polar surface area (TPSA) is 80.6 Å². The zero-order valence-corrected chi connectivity index (χ0v) is 19.4. The number of nitrogens with one attached hydrogen (secondary N) is 1. The minimum atomic E-state index is -0.419. The van der Waals surface area contributed by atoms with Gasteiger partial charge in [-0.2, -0.15) is 5.26 Å². The molecule has 1 N–H and O–H groups in total. The Kier molecular flexibility index (Phi) is 10.6. The van der Waals surface area contributed by atoms with Gasteiger partial charge < -0.3 is 19.5 Å². The van der Waals surface area contributed by atoms with Crippen molar-refractivity contribution in [3.8, 4) is 17.6 Å². The first kappa shape index (κ1) is 24.4. The van der Waals surface area contributed by atoms with E-state index in [1.807, 2.05) is 50.2 Å². The largest absolute Gasteiger partial charge is 0.490 e. The molecule has 1 amide bonds. The summed E-state index contributed by atoms with van der Waals surface area (Å²) >= 11 is 3.52. The van der Waals surface area contributed by atoms with Crippen molar-refractivity contribution in [1.29, 1.82) is 5.26 Å². The van der Waals surface area contributed by atoms with Crippen molar-refractivity contribution in [2.24, 2.45) is 0 Å². The SMILES string of the molecule is CCOCCCNC(=O)/C(C#N)=C/c1cc(Br)c(OCc2ccccc2)c(OCC)c1. The lowest BCUT2D eigenvalue weighted by Crippen LogP contribution is -2.26. The standard InChI is InChI=1S/C24H27BrN2O4/c1-3-29-12-8-11-27-24(28)20(16-26)13-19-14-21(25)23(22(15-19)30-4-2)31-17-18-9-6-5-7-10-18/h5-7,9-10,13-15H,3-4,8,11-12,17H2,1-2H3,(H,27,28)/b20-13+. The summed E-state index contributed by atoms with van der Waals surface area (Å²) < 4.78 is 17.6. The molecular weight excluding hydrogens is 460 g/mol. The lowest BCUT2D eigenvalue weighted by Gasteiger charge is -2.15. The monoisotopic (exact) mass is 486 g/mol. The van der Waals surface area contributed by atoms with Gasteiger partial charge in [-0.05, 0) is 65.5 Å². The average molecular weight is 487 g/mol. The first-order chi connectivity index (χ1) is 15.1. The van der Waals surface area contributed by atoms with Gasteiger partial charge in [-0.25, -0.2) is 0 Å². The molecule has 6 nitrogen and oxygen atoms in total. The Bertz CT molecular complexity index is 923. The van der Waals surface area contributed by atoms with Gasteiger partial charge in [0, 0.05) is 19.8 Å². The first-order valence-electron chi connectivity index (χ1n) is 10.2. The molecule has 0 saturated carbocycles. The number of ether oxygens (including phenoxy) is 3. The summed E-state index contributed by atoms with van der Waals surface area (Å²) in [5.74, 6) is 0.688. The van der Waals surface area contributed by atoms with Crippen LogP contribution in [0.1, 0.15) is 31.4 Å². The third-order valence-corrected chi connectivity index (χ3v) is 4.78. The number of carbonyl (C=O) groups is 1. The second-order valence-corrected chi connectivity index (χ2v) is 7.37. The van der Waals surface area contributed by atoms with Gasteiger partial charge in [-0.1, -0.05) is 30.3 Å². The van der Waals surface area contributed by atoms with Crippen LogP contribution in [0.25, 0.3) is 6.08 Å². The van der Waals surface area contributed by atoms with Crippen LogP contribution in [0.4, 0.5) is 0 Å². The Morgan fingerprint density at radius 1 is 1.16 bits per heavy atom. The molecule has 0 atom stereocenters. The minimum Gasteiger partial charge on any atom is -0.490 e. The van der Waals surface area contributed by atoms with Crippen molar-refractivity contribution in [3.63, 3.8) is 0 Å². The van der Waals surface area contributed by atoms with E-state index in [9.17, 15) is 10.1 Å². The molecule has 0 radical (unpaired) electrons. The molecule has 0 heterocycles. The minimum absolute atomic E-state index is 0.0173. The third kappa shape index (κ3) is 8.08. The van der Waals surface area contributed by atoms with Crippen molar-refractivity contribution in [1.82, 2.24) is 5.32 Å². The van der Waals surface area contributed by atoms with Crippen molar-refractivity contribution in [2.45, 2.75) is 26.9 Å². The van der Waals surface area contributed by atoms with E-state index < -0.39 is 5.91 Å². The van der Waals surface area contributed by atoms with Gasteiger partial charge >= 0.3 is 0 Å². The highest BCUT2D eigenvalue weighted by Gasteiger charge is 2.14. The van der Waals surface area contributed by atoms with Crippen LogP contribution in [0.5, 0.6) is 11.5 Å². The molecule has 0 spiro atoms. The van der Waals surface area contributed by atoms with Crippen LogP contribution < -0.4 is 14.8 Å². The second kappa shape index (κ2) is 13.5. The highest BCUT2D eigenvalue weighted by atomic mass is 79.9. The summed E-state index contributed by atoms with van der Waals surface area (Å²) in [6.45, 7) is 6.29. The Labute approximate surface area is 191 Å². The van der Waals surface area contributed by atoms with Gasteiger partial charge in [-0.3, -0.25) is 4.79 Å². The van der Waals surface area contributed by atoms with Crippen molar-refractivity contribution >= 4 is 27.9 Å². The molecule has 0 aromatic heterocycles. The van der Waals surface area contributed by atoms with Crippen LogP contribution >= 0.6 is 15.9 Å². The molecule has 0 bridgehead atoms. The molecule has 0 fully saturated rings. The summed E-state index contributed by atoms with van der Waals surface area (Å²) in [4.78, 5) is 12.3. The Hall–Kier alpha value is -2.82. The van der Waals surface area contributed by atoms with Gasteiger partial charge in [0.1, 0.15) is 18.2 Å². The van der Waals surface area contributed by atoms with Gasteiger partial charge in [0.15, 0.2) is 11.5 Å². The van der Waals surface area contributed by atoms with Crippen LogP contribution in [0.15, 0.2) is 52.5 Å². The summed E-state index contributed by atoms with van der Waals surface area (Å²) in [5.41, 5.74) is 1.71. The number of halogens is 1. The fourth-order valence-electron chi connectivity index (χ4n) is 2.73. The third-order valence-electron chi connectivity index (χ3n) is 4.19. The molecule has 2 rings (SSSR count). The maximum Gasteiger partial charge on any atom is 0.261 e. The lowest BCUT2D eigenvalue weighted by molar-refractivity contribution is -0.117. The number of nitriles is 1. The molecule has 0 saturated heterocycles. The summed E-state index contributed by atoms with van der Waals surface area (Å²) in [6.07, 6.45) is 2.22. The van der Waals surface area contributed by atoms with Crippen LogP contribution in [-0.4, -0.2) is 32.3 Å². The van der Waals surface area contributed by atoms with Gasteiger partial charge in [0.2, 0.25) is 0 Å². The van der Waals surface area contributed by atoms with E-state index >= 15 is 0 Å². The molecule has 0 unspecified atom stereocenters. The van der Waals surface area contributed by atoms with E-state index in [-0.39, 0.29) is 5.57 Å². The summed E-state index contributed by atoms with van der Waals surface area (Å²) in [5, 5.41) is 12.2. The van der Waals surface area contributed by atoms with E-state index in [1.54, 1.807) is 12.1 Å². The van der Waals surface area contributed by atoms with E-state index in [4.69, 9.17) is 14.2 Å². The summed E-state index contributed by atoms with van der Waals surface area (Å²) in [6, 6.07) is 15.3. The Balaban J connectivity index is 2.15. The fraction of sp³-hybridized carbons (Fsp3) is 0.333. The smallest absolute Gasteiger partial charge is 0.261 e. The molecule has 2 aromatic carbocycles. The average Bonchev–Trinajstić information content (AvgIpc) is 2.77. The van der Waals surface area contributed by atoms with E-state index in [2.05, 4.69) is 21.2 Å². The van der Waals surface area contributed by atoms with Gasteiger partial charge in [0.05, 0.1) is 11.1 Å². The van der Waals surface area contributed by atoms with Crippen LogP contribution in [0, 0.1) is 11.3 Å². The number of rotatable bonds is 12. The second-order valence-electron chi connectivity index (χ2n) is 6.51. The highest BCUT2D eigenvalue weighted by molar-refractivity contribution is 9.10. The molecule has 31 heavy (non-hydrogen) atoms. The quantitative estimate of drug-likeness (QED) is 0.262. The Morgan fingerprint density at radius 2 is 1.94 bits per heavy atom. The number of benzene rings is 2. The lowest BCUT2D eigenvalue weighted by atomic mass is 10.1. The van der Waals surface area contributed by atoms with Gasteiger partial charge in [-0.15, -0.1) is 0 Å². The van der Waals surface area contributed by atoms with Crippen molar-refractivity contribution in [3.05, 3.63) is 63.6 Å². The maximum absolute atomic E-state index is 12.3. The Morgan fingerprint density at radius 3 is 2.61 bits per heavy atom. The maximum atomic E-state index is 12.3. The first-order valence-corrected chi connectivity index (χ1v) is 11.0. The molecular formula is C24H27BrN2O4.